The number of rotatable bonds is 3. The van der Waals surface area contributed by atoms with Crippen molar-refractivity contribution in [2.24, 2.45) is 7.05 Å². The Morgan fingerprint density at radius 3 is 2.42 bits per heavy atom. The van der Waals surface area contributed by atoms with E-state index in [1.54, 1.807) is 0 Å². The average molecular weight is 347 g/mol. The van der Waals surface area contributed by atoms with Crippen molar-refractivity contribution in [2.45, 2.75) is 27.4 Å². The largest absolute Gasteiger partial charge is 0.392 e. The van der Waals surface area contributed by atoms with Gasteiger partial charge in [0.15, 0.2) is 0 Å². The molecule has 1 aromatic carbocycles. The predicted octanol–water partition coefficient (Wildman–Crippen LogP) is 4.31. The standard InChI is InChI=1S/C21H21N3O2/c1-12-9-17-19(24(12)4)10-18(20-13(2)23-26-14(20)3)22-21(17)16-7-5-15(11-25)6-8-16/h5-10,25H,11H2,1-4H3. The highest BCUT2D eigenvalue weighted by molar-refractivity contribution is 5.96. The molecule has 0 aliphatic carbocycles. The van der Waals surface area contributed by atoms with Gasteiger partial charge in [0.25, 0.3) is 0 Å². The Kier molecular flexibility index (Phi) is 3.89. The fourth-order valence-electron chi connectivity index (χ4n) is 3.42. The van der Waals surface area contributed by atoms with Crippen molar-refractivity contribution < 1.29 is 9.63 Å². The molecule has 1 N–H and O–H groups in total. The number of pyridine rings is 1. The Labute approximate surface area is 151 Å². The molecule has 0 saturated heterocycles. The lowest BCUT2D eigenvalue weighted by atomic mass is 10.0. The van der Waals surface area contributed by atoms with Gasteiger partial charge in [-0.1, -0.05) is 29.4 Å². The third-order valence-electron chi connectivity index (χ3n) is 4.98. The van der Waals surface area contributed by atoms with E-state index in [0.717, 1.165) is 50.4 Å². The SMILES string of the molecule is Cc1noc(C)c1-c1cc2c(cc(C)n2C)c(-c2ccc(CO)cc2)n1. The highest BCUT2D eigenvalue weighted by Gasteiger charge is 2.18. The first kappa shape index (κ1) is 16.5. The second kappa shape index (κ2) is 6.11. The van der Waals surface area contributed by atoms with Crippen molar-refractivity contribution in [1.29, 1.82) is 0 Å². The first-order valence-corrected chi connectivity index (χ1v) is 8.60. The summed E-state index contributed by atoms with van der Waals surface area (Å²) in [6, 6.07) is 12.1. The van der Waals surface area contributed by atoms with Crippen LogP contribution >= 0.6 is 0 Å². The van der Waals surface area contributed by atoms with Gasteiger partial charge in [0.1, 0.15) is 5.76 Å². The van der Waals surface area contributed by atoms with Crippen LogP contribution in [-0.4, -0.2) is 19.8 Å². The van der Waals surface area contributed by atoms with Crippen LogP contribution < -0.4 is 0 Å². The molecule has 0 atom stereocenters. The fraction of sp³-hybridized carbons (Fsp3) is 0.238. The zero-order valence-corrected chi connectivity index (χ0v) is 15.4. The maximum absolute atomic E-state index is 9.30. The minimum atomic E-state index is 0.0344. The van der Waals surface area contributed by atoms with E-state index in [1.165, 1.54) is 5.69 Å². The molecule has 0 aliphatic heterocycles. The molecule has 4 rings (SSSR count). The van der Waals surface area contributed by atoms with Crippen LogP contribution in [0.3, 0.4) is 0 Å². The summed E-state index contributed by atoms with van der Waals surface area (Å²) in [6.45, 7) is 5.97. The summed E-state index contributed by atoms with van der Waals surface area (Å²) in [7, 11) is 2.06. The van der Waals surface area contributed by atoms with E-state index >= 15 is 0 Å². The van der Waals surface area contributed by atoms with E-state index in [2.05, 4.69) is 35.8 Å². The summed E-state index contributed by atoms with van der Waals surface area (Å²) >= 11 is 0. The molecule has 3 aromatic heterocycles. The lowest BCUT2D eigenvalue weighted by Crippen LogP contribution is -1.95. The molecular weight excluding hydrogens is 326 g/mol. The summed E-state index contributed by atoms with van der Waals surface area (Å²) < 4.78 is 7.52. The van der Waals surface area contributed by atoms with Crippen LogP contribution in [0.25, 0.3) is 33.4 Å². The Balaban J connectivity index is 2.02. The molecular formula is C21H21N3O2. The number of hydrogen-bond acceptors (Lipinski definition) is 4. The highest BCUT2D eigenvalue weighted by atomic mass is 16.5. The van der Waals surface area contributed by atoms with Crippen molar-refractivity contribution in [3.05, 3.63) is 59.1 Å². The van der Waals surface area contributed by atoms with Gasteiger partial charge in [0.2, 0.25) is 0 Å². The van der Waals surface area contributed by atoms with Crippen LogP contribution in [0.4, 0.5) is 0 Å². The number of fused-ring (bicyclic) bond motifs is 1. The van der Waals surface area contributed by atoms with Gasteiger partial charge < -0.3 is 14.2 Å². The van der Waals surface area contributed by atoms with Crippen molar-refractivity contribution in [3.63, 3.8) is 0 Å². The number of aliphatic hydroxyl groups excluding tert-OH is 1. The molecule has 0 unspecified atom stereocenters. The molecule has 5 nitrogen and oxygen atoms in total. The van der Waals surface area contributed by atoms with Gasteiger partial charge in [-0.25, -0.2) is 4.98 Å². The third kappa shape index (κ3) is 2.52. The molecule has 132 valence electrons. The number of nitrogens with zero attached hydrogens (tertiary/aromatic N) is 3. The molecule has 0 fully saturated rings. The first-order valence-electron chi connectivity index (χ1n) is 8.60. The van der Waals surface area contributed by atoms with Gasteiger partial charge in [-0.3, -0.25) is 0 Å². The Morgan fingerprint density at radius 2 is 1.81 bits per heavy atom. The lowest BCUT2D eigenvalue weighted by Gasteiger charge is -2.09. The van der Waals surface area contributed by atoms with E-state index in [9.17, 15) is 5.11 Å². The second-order valence-corrected chi connectivity index (χ2v) is 6.69. The van der Waals surface area contributed by atoms with Crippen LogP contribution in [0.5, 0.6) is 0 Å². The van der Waals surface area contributed by atoms with E-state index < -0.39 is 0 Å². The van der Waals surface area contributed by atoms with Gasteiger partial charge in [-0.05, 0) is 38.5 Å². The van der Waals surface area contributed by atoms with E-state index in [1.807, 2.05) is 38.1 Å². The van der Waals surface area contributed by atoms with Crippen molar-refractivity contribution in [2.75, 3.05) is 0 Å². The van der Waals surface area contributed by atoms with Crippen molar-refractivity contribution in [1.82, 2.24) is 14.7 Å². The number of aliphatic hydroxyl groups is 1. The molecule has 26 heavy (non-hydrogen) atoms. The van der Waals surface area contributed by atoms with Crippen molar-refractivity contribution >= 4 is 10.9 Å². The maximum Gasteiger partial charge on any atom is 0.143 e. The summed E-state index contributed by atoms with van der Waals surface area (Å²) in [6.07, 6.45) is 0. The van der Waals surface area contributed by atoms with Crippen LogP contribution in [0.15, 0.2) is 40.9 Å². The Bertz CT molecular complexity index is 1090. The molecule has 0 saturated carbocycles. The zero-order chi connectivity index (χ0) is 18.4. The summed E-state index contributed by atoms with van der Waals surface area (Å²) in [5.74, 6) is 0.766. The lowest BCUT2D eigenvalue weighted by molar-refractivity contribution is 0.282. The number of aromatic nitrogens is 3. The molecule has 0 radical (unpaired) electrons. The molecule has 0 bridgehead atoms. The summed E-state index contributed by atoms with van der Waals surface area (Å²) in [5.41, 5.74) is 7.75. The van der Waals surface area contributed by atoms with Gasteiger partial charge in [0.05, 0.1) is 34.8 Å². The smallest absolute Gasteiger partial charge is 0.143 e. The quantitative estimate of drug-likeness (QED) is 0.600. The molecule has 0 spiro atoms. The monoisotopic (exact) mass is 347 g/mol. The van der Waals surface area contributed by atoms with Crippen LogP contribution in [0.2, 0.25) is 0 Å². The summed E-state index contributed by atoms with van der Waals surface area (Å²) in [5, 5.41) is 14.5. The highest BCUT2D eigenvalue weighted by Crippen LogP contribution is 2.34. The molecule has 4 aromatic rings. The zero-order valence-electron chi connectivity index (χ0n) is 15.4. The van der Waals surface area contributed by atoms with E-state index in [0.29, 0.717) is 0 Å². The van der Waals surface area contributed by atoms with Crippen LogP contribution in [0, 0.1) is 20.8 Å². The van der Waals surface area contributed by atoms with Gasteiger partial charge in [0, 0.05) is 23.7 Å². The second-order valence-electron chi connectivity index (χ2n) is 6.69. The Morgan fingerprint density at radius 1 is 1.08 bits per heavy atom. The van der Waals surface area contributed by atoms with Crippen LogP contribution in [-0.2, 0) is 13.7 Å². The molecule has 0 aliphatic rings. The Hall–Kier alpha value is -2.92. The number of aryl methyl sites for hydroxylation is 4. The molecule has 3 heterocycles. The molecule has 0 amide bonds. The van der Waals surface area contributed by atoms with Crippen LogP contribution in [0.1, 0.15) is 22.7 Å². The maximum atomic E-state index is 9.30. The minimum Gasteiger partial charge on any atom is -0.392 e. The predicted molar refractivity (Wildman–Crippen MR) is 102 cm³/mol. The summed E-state index contributed by atoms with van der Waals surface area (Å²) in [4.78, 5) is 4.97. The average Bonchev–Trinajstić information content (AvgIpc) is 3.13. The molecule has 5 heteroatoms. The minimum absolute atomic E-state index is 0.0344. The number of hydrogen-bond donors (Lipinski definition) is 1. The number of benzene rings is 1. The van der Waals surface area contributed by atoms with Crippen molar-refractivity contribution in [3.8, 4) is 22.5 Å². The van der Waals surface area contributed by atoms with E-state index in [-0.39, 0.29) is 6.61 Å². The third-order valence-corrected chi connectivity index (χ3v) is 4.98. The first-order chi connectivity index (χ1) is 12.5. The van der Waals surface area contributed by atoms with Gasteiger partial charge >= 0.3 is 0 Å². The normalized spacial score (nSPS) is 11.4. The topological polar surface area (TPSA) is 64.1 Å². The van der Waals surface area contributed by atoms with Gasteiger partial charge in [-0.15, -0.1) is 0 Å². The van der Waals surface area contributed by atoms with E-state index in [4.69, 9.17) is 9.51 Å². The van der Waals surface area contributed by atoms with Gasteiger partial charge in [-0.2, -0.15) is 0 Å². The fourth-order valence-corrected chi connectivity index (χ4v) is 3.42.